The van der Waals surface area contributed by atoms with Crippen LogP contribution in [0.4, 0.5) is 0 Å². The molecule has 3 aromatic rings. The molecule has 3 heterocycles. The SMILES string of the molecule is C=N/C(=C\c1cc(-c2nnc(C)s2)cnc1C)NC(=O)C1CCN(C(=O)c2ccccc2)CC1. The number of piperidine rings is 1. The molecule has 1 aromatic carbocycles. The summed E-state index contributed by atoms with van der Waals surface area (Å²) in [6.45, 7) is 8.49. The van der Waals surface area contributed by atoms with Crippen molar-refractivity contribution in [2.24, 2.45) is 10.9 Å². The number of pyridine rings is 1. The summed E-state index contributed by atoms with van der Waals surface area (Å²) in [5.74, 6) is 0.0523. The van der Waals surface area contributed by atoms with Crippen LogP contribution in [0.1, 0.15) is 39.5 Å². The molecule has 0 spiro atoms. The topological polar surface area (TPSA) is 100 Å². The molecule has 34 heavy (non-hydrogen) atoms. The summed E-state index contributed by atoms with van der Waals surface area (Å²) >= 11 is 1.49. The number of rotatable bonds is 6. The van der Waals surface area contributed by atoms with Crippen molar-refractivity contribution in [1.82, 2.24) is 25.4 Å². The van der Waals surface area contributed by atoms with Gasteiger partial charge in [0, 0.05) is 47.6 Å². The first-order valence-electron chi connectivity index (χ1n) is 11.1. The van der Waals surface area contributed by atoms with E-state index >= 15 is 0 Å². The predicted molar refractivity (Wildman–Crippen MR) is 133 cm³/mol. The second kappa shape index (κ2) is 10.5. The van der Waals surface area contributed by atoms with E-state index < -0.39 is 0 Å². The minimum atomic E-state index is -0.195. The number of likely N-dealkylation sites (tertiary alicyclic amines) is 1. The molecule has 0 atom stereocenters. The lowest BCUT2D eigenvalue weighted by Crippen LogP contribution is -2.42. The Morgan fingerprint density at radius 3 is 2.56 bits per heavy atom. The summed E-state index contributed by atoms with van der Waals surface area (Å²) in [7, 11) is 0. The van der Waals surface area contributed by atoms with Crippen molar-refractivity contribution < 1.29 is 9.59 Å². The van der Waals surface area contributed by atoms with Crippen LogP contribution in [-0.4, -0.2) is 51.7 Å². The maximum atomic E-state index is 12.9. The van der Waals surface area contributed by atoms with Gasteiger partial charge in [0.05, 0.1) is 0 Å². The summed E-state index contributed by atoms with van der Waals surface area (Å²) in [6.07, 6.45) is 4.72. The summed E-state index contributed by atoms with van der Waals surface area (Å²) in [6, 6.07) is 11.2. The van der Waals surface area contributed by atoms with Gasteiger partial charge in [-0.25, -0.2) is 4.99 Å². The lowest BCUT2D eigenvalue weighted by atomic mass is 9.95. The molecule has 8 nitrogen and oxygen atoms in total. The molecule has 9 heteroatoms. The van der Waals surface area contributed by atoms with Crippen LogP contribution in [-0.2, 0) is 4.79 Å². The molecule has 0 aliphatic carbocycles. The monoisotopic (exact) mass is 474 g/mol. The number of aryl methyl sites for hydroxylation is 2. The summed E-state index contributed by atoms with van der Waals surface area (Å²) in [4.78, 5) is 35.8. The standard InChI is InChI=1S/C25H26N6O2S/c1-16-20(13-21(15-27-16)24-30-29-17(2)34-24)14-22(26-3)28-23(32)18-9-11-31(12-10-18)25(33)19-7-5-4-6-8-19/h4-8,13-15,18H,3,9-12H2,1-2H3,(H,28,32)/b22-14+. The number of nitrogens with zero attached hydrogens (tertiary/aromatic N) is 5. The number of nitrogens with one attached hydrogen (secondary N) is 1. The Balaban J connectivity index is 1.41. The third-order valence-corrected chi connectivity index (χ3v) is 6.67. The van der Waals surface area contributed by atoms with Crippen LogP contribution in [0.25, 0.3) is 16.6 Å². The molecule has 4 rings (SSSR count). The predicted octanol–water partition coefficient (Wildman–Crippen LogP) is 3.88. The second-order valence-corrected chi connectivity index (χ2v) is 9.32. The van der Waals surface area contributed by atoms with Crippen LogP contribution in [0.5, 0.6) is 0 Å². The lowest BCUT2D eigenvalue weighted by molar-refractivity contribution is -0.125. The first kappa shape index (κ1) is 23.4. The van der Waals surface area contributed by atoms with E-state index in [1.807, 2.05) is 50.2 Å². The van der Waals surface area contributed by atoms with E-state index in [0.29, 0.717) is 37.3 Å². The summed E-state index contributed by atoms with van der Waals surface area (Å²) in [5, 5.41) is 12.8. The molecule has 0 unspecified atom stereocenters. The first-order chi connectivity index (χ1) is 16.4. The highest BCUT2D eigenvalue weighted by atomic mass is 32.1. The van der Waals surface area contributed by atoms with Crippen molar-refractivity contribution in [1.29, 1.82) is 0 Å². The number of aliphatic imine (C=N–C) groups is 1. The molecule has 2 amide bonds. The zero-order valence-corrected chi connectivity index (χ0v) is 20.0. The van der Waals surface area contributed by atoms with Gasteiger partial charge < -0.3 is 10.2 Å². The summed E-state index contributed by atoms with van der Waals surface area (Å²) < 4.78 is 0. The molecule has 0 saturated carbocycles. The van der Waals surface area contributed by atoms with Gasteiger partial charge in [-0.15, -0.1) is 10.2 Å². The Hall–Kier alpha value is -3.72. The number of carbonyl (C=O) groups is 2. The third-order valence-electron chi connectivity index (χ3n) is 5.79. The van der Waals surface area contributed by atoms with E-state index in [2.05, 4.69) is 32.2 Å². The minimum Gasteiger partial charge on any atom is -0.339 e. The quantitative estimate of drug-likeness (QED) is 0.547. The van der Waals surface area contributed by atoms with Gasteiger partial charge in [0.15, 0.2) is 0 Å². The van der Waals surface area contributed by atoms with Crippen molar-refractivity contribution in [3.8, 4) is 10.6 Å². The molecular weight excluding hydrogens is 448 g/mol. The Kier molecular flexibility index (Phi) is 7.22. The van der Waals surface area contributed by atoms with Crippen LogP contribution >= 0.6 is 11.3 Å². The third kappa shape index (κ3) is 5.43. The maximum Gasteiger partial charge on any atom is 0.253 e. The molecule has 1 fully saturated rings. The van der Waals surface area contributed by atoms with Crippen molar-refractivity contribution in [2.75, 3.05) is 13.1 Å². The van der Waals surface area contributed by atoms with Crippen LogP contribution in [0, 0.1) is 19.8 Å². The zero-order valence-electron chi connectivity index (χ0n) is 19.2. The highest BCUT2D eigenvalue weighted by Gasteiger charge is 2.28. The fraction of sp³-hybridized carbons (Fsp3) is 0.280. The number of amides is 2. The molecule has 1 aliphatic heterocycles. The zero-order chi connectivity index (χ0) is 24.1. The fourth-order valence-electron chi connectivity index (χ4n) is 3.83. The van der Waals surface area contributed by atoms with Gasteiger partial charge in [-0.3, -0.25) is 14.6 Å². The van der Waals surface area contributed by atoms with E-state index in [-0.39, 0.29) is 17.7 Å². The lowest BCUT2D eigenvalue weighted by Gasteiger charge is -2.31. The van der Waals surface area contributed by atoms with Crippen LogP contribution in [0.3, 0.4) is 0 Å². The molecule has 1 saturated heterocycles. The van der Waals surface area contributed by atoms with Gasteiger partial charge in [0.25, 0.3) is 5.91 Å². The highest BCUT2D eigenvalue weighted by molar-refractivity contribution is 7.14. The average Bonchev–Trinajstić information content (AvgIpc) is 3.31. The minimum absolute atomic E-state index is 0.00119. The Morgan fingerprint density at radius 1 is 1.18 bits per heavy atom. The summed E-state index contributed by atoms with van der Waals surface area (Å²) in [5.41, 5.74) is 3.14. The maximum absolute atomic E-state index is 12.9. The smallest absolute Gasteiger partial charge is 0.253 e. The Labute approximate surface area is 202 Å². The second-order valence-electron chi connectivity index (χ2n) is 8.13. The van der Waals surface area contributed by atoms with Gasteiger partial charge in [0.1, 0.15) is 15.8 Å². The molecule has 0 bridgehead atoms. The first-order valence-corrected chi connectivity index (χ1v) is 11.9. The van der Waals surface area contributed by atoms with Gasteiger partial charge in [-0.05, 0) is 57.7 Å². The molecule has 1 N–H and O–H groups in total. The molecule has 1 aliphatic rings. The molecule has 174 valence electrons. The van der Waals surface area contributed by atoms with Gasteiger partial charge in [0.2, 0.25) is 5.91 Å². The number of hydrogen-bond acceptors (Lipinski definition) is 7. The normalized spacial score (nSPS) is 14.6. The molecule has 0 radical (unpaired) electrons. The van der Waals surface area contributed by atoms with Crippen molar-refractivity contribution in [3.63, 3.8) is 0 Å². The molecule has 2 aromatic heterocycles. The highest BCUT2D eigenvalue weighted by Crippen LogP contribution is 2.25. The number of hydrogen-bond donors (Lipinski definition) is 1. The van der Waals surface area contributed by atoms with E-state index in [9.17, 15) is 9.59 Å². The van der Waals surface area contributed by atoms with Crippen molar-refractivity contribution in [3.05, 3.63) is 70.2 Å². The van der Waals surface area contributed by atoms with Crippen molar-refractivity contribution >= 4 is 35.9 Å². The van der Waals surface area contributed by atoms with Crippen LogP contribution in [0.2, 0.25) is 0 Å². The van der Waals surface area contributed by atoms with E-state index in [4.69, 9.17) is 0 Å². The fourth-order valence-corrected chi connectivity index (χ4v) is 4.50. The number of aromatic nitrogens is 3. The largest absolute Gasteiger partial charge is 0.339 e. The number of benzene rings is 1. The van der Waals surface area contributed by atoms with E-state index in [1.54, 1.807) is 17.2 Å². The van der Waals surface area contributed by atoms with Crippen LogP contribution < -0.4 is 5.32 Å². The number of carbonyl (C=O) groups excluding carboxylic acids is 2. The van der Waals surface area contributed by atoms with Gasteiger partial charge >= 0.3 is 0 Å². The van der Waals surface area contributed by atoms with Crippen LogP contribution in [0.15, 0.2) is 53.4 Å². The van der Waals surface area contributed by atoms with Gasteiger partial charge in [-0.2, -0.15) is 0 Å². The average molecular weight is 475 g/mol. The Morgan fingerprint density at radius 2 is 1.91 bits per heavy atom. The van der Waals surface area contributed by atoms with E-state index in [0.717, 1.165) is 26.8 Å². The molecular formula is C25H26N6O2S. The van der Waals surface area contributed by atoms with E-state index in [1.165, 1.54) is 11.3 Å². The Bertz CT molecular complexity index is 1230. The van der Waals surface area contributed by atoms with Crippen molar-refractivity contribution in [2.45, 2.75) is 26.7 Å². The van der Waals surface area contributed by atoms with Gasteiger partial charge in [-0.1, -0.05) is 29.5 Å².